The van der Waals surface area contributed by atoms with Crippen LogP contribution in [0.4, 0.5) is 4.79 Å². The summed E-state index contributed by atoms with van der Waals surface area (Å²) in [5, 5.41) is 0. The van der Waals surface area contributed by atoms with E-state index in [0.717, 1.165) is 30.5 Å². The predicted molar refractivity (Wildman–Crippen MR) is 74.5 cm³/mol. The van der Waals surface area contributed by atoms with Gasteiger partial charge in [0.25, 0.3) is 0 Å². The highest BCUT2D eigenvalue weighted by Gasteiger charge is 2.36. The highest BCUT2D eigenvalue weighted by molar-refractivity contribution is 5.72. The van der Waals surface area contributed by atoms with E-state index < -0.39 is 0 Å². The molecule has 1 fully saturated rings. The molecule has 1 aliphatic rings. The van der Waals surface area contributed by atoms with Gasteiger partial charge in [0, 0.05) is 0 Å². The number of amides is 1. The smallest absolute Gasteiger partial charge is 0.415 e. The normalized spacial score (nSPS) is 18.1. The average Bonchev–Trinajstić information content (AvgIpc) is 2.83. The molecule has 19 heavy (non-hydrogen) atoms. The van der Waals surface area contributed by atoms with Gasteiger partial charge in [0.15, 0.2) is 0 Å². The number of allylic oxidation sites excluding steroid dienone is 1. The fourth-order valence-corrected chi connectivity index (χ4v) is 2.28. The van der Waals surface area contributed by atoms with E-state index in [1.807, 2.05) is 30.3 Å². The minimum absolute atomic E-state index is 0.0604. The summed E-state index contributed by atoms with van der Waals surface area (Å²) < 4.78 is 5.19. The SMILES string of the molecule is C=C=C(CCCC)N1C(=O)OC[C@@H]1c1ccccc1. The van der Waals surface area contributed by atoms with Crippen molar-refractivity contribution in [1.82, 2.24) is 4.90 Å². The lowest BCUT2D eigenvalue weighted by atomic mass is 10.1. The summed E-state index contributed by atoms with van der Waals surface area (Å²) in [5.74, 6) is 0. The Morgan fingerprint density at radius 1 is 1.47 bits per heavy atom. The van der Waals surface area contributed by atoms with Crippen LogP contribution in [0, 0.1) is 0 Å². The molecule has 0 N–H and O–H groups in total. The zero-order chi connectivity index (χ0) is 13.7. The topological polar surface area (TPSA) is 29.5 Å². The maximum atomic E-state index is 11.9. The van der Waals surface area contributed by atoms with E-state index in [9.17, 15) is 4.79 Å². The fraction of sp³-hybridized carbons (Fsp3) is 0.375. The second-order valence-electron chi connectivity index (χ2n) is 4.60. The molecular weight excluding hydrogens is 238 g/mol. The molecule has 100 valence electrons. The Morgan fingerprint density at radius 3 is 2.84 bits per heavy atom. The number of rotatable bonds is 5. The van der Waals surface area contributed by atoms with E-state index >= 15 is 0 Å². The van der Waals surface area contributed by atoms with Crippen molar-refractivity contribution in [3.63, 3.8) is 0 Å². The van der Waals surface area contributed by atoms with Crippen LogP contribution in [0.1, 0.15) is 37.8 Å². The maximum absolute atomic E-state index is 11.9. The number of carbonyl (C=O) groups excluding carboxylic acids is 1. The Balaban J connectivity index is 2.25. The van der Waals surface area contributed by atoms with Crippen molar-refractivity contribution in [1.29, 1.82) is 0 Å². The molecule has 0 radical (unpaired) electrons. The van der Waals surface area contributed by atoms with Crippen LogP contribution in [0.15, 0.2) is 48.3 Å². The van der Waals surface area contributed by atoms with Crippen LogP contribution >= 0.6 is 0 Å². The molecule has 1 aromatic rings. The molecule has 2 rings (SSSR count). The molecule has 1 atom stereocenters. The first-order valence-electron chi connectivity index (χ1n) is 6.67. The summed E-state index contributed by atoms with van der Waals surface area (Å²) in [6.45, 7) is 6.22. The van der Waals surface area contributed by atoms with Gasteiger partial charge in [0.2, 0.25) is 0 Å². The molecule has 1 amide bonds. The average molecular weight is 257 g/mol. The summed E-state index contributed by atoms with van der Waals surface area (Å²) >= 11 is 0. The van der Waals surface area contributed by atoms with E-state index in [0.29, 0.717) is 6.61 Å². The van der Waals surface area contributed by atoms with Crippen LogP contribution in [0.3, 0.4) is 0 Å². The van der Waals surface area contributed by atoms with Gasteiger partial charge >= 0.3 is 6.09 Å². The van der Waals surface area contributed by atoms with Gasteiger partial charge in [-0.2, -0.15) is 0 Å². The van der Waals surface area contributed by atoms with Crippen LogP contribution in [0.2, 0.25) is 0 Å². The Bertz CT molecular complexity index is 489. The molecule has 0 aromatic heterocycles. The summed E-state index contributed by atoms with van der Waals surface area (Å²) in [6, 6.07) is 9.88. The van der Waals surface area contributed by atoms with Crippen LogP contribution in [0.25, 0.3) is 0 Å². The monoisotopic (exact) mass is 257 g/mol. The van der Waals surface area contributed by atoms with Crippen molar-refractivity contribution in [2.24, 2.45) is 0 Å². The lowest BCUT2D eigenvalue weighted by molar-refractivity contribution is 0.163. The van der Waals surface area contributed by atoms with E-state index in [1.54, 1.807) is 4.90 Å². The van der Waals surface area contributed by atoms with Gasteiger partial charge in [-0.25, -0.2) is 4.79 Å². The Morgan fingerprint density at radius 2 is 2.21 bits per heavy atom. The third kappa shape index (κ3) is 2.88. The molecule has 0 aliphatic carbocycles. The maximum Gasteiger partial charge on any atom is 0.415 e. The summed E-state index contributed by atoms with van der Waals surface area (Å²) in [7, 11) is 0. The highest BCUT2D eigenvalue weighted by Crippen LogP contribution is 2.32. The first-order chi connectivity index (χ1) is 9.27. The summed E-state index contributed by atoms with van der Waals surface area (Å²) in [5.41, 5.74) is 4.81. The minimum Gasteiger partial charge on any atom is -0.447 e. The Hall–Kier alpha value is -1.99. The summed E-state index contributed by atoms with van der Waals surface area (Å²) in [6.07, 6.45) is 2.60. The Kier molecular flexibility index (Phi) is 4.43. The third-order valence-corrected chi connectivity index (χ3v) is 3.32. The molecule has 1 saturated heterocycles. The predicted octanol–water partition coefficient (Wildman–Crippen LogP) is 4.04. The van der Waals surface area contributed by atoms with Crippen molar-refractivity contribution in [2.45, 2.75) is 32.2 Å². The number of carbonyl (C=O) groups is 1. The molecule has 3 heteroatoms. The number of benzene rings is 1. The Labute approximate surface area is 114 Å². The van der Waals surface area contributed by atoms with E-state index in [1.165, 1.54) is 0 Å². The second kappa shape index (κ2) is 6.26. The molecule has 3 nitrogen and oxygen atoms in total. The second-order valence-corrected chi connectivity index (χ2v) is 4.60. The van der Waals surface area contributed by atoms with Crippen molar-refractivity contribution in [3.05, 3.63) is 53.9 Å². The number of unbranched alkanes of at least 4 members (excludes halogenated alkanes) is 1. The van der Waals surface area contributed by atoms with Gasteiger partial charge in [-0.15, -0.1) is 5.73 Å². The first-order valence-corrected chi connectivity index (χ1v) is 6.67. The number of nitrogens with zero attached hydrogens (tertiary/aromatic N) is 1. The number of hydrogen-bond donors (Lipinski definition) is 0. The number of hydrogen-bond acceptors (Lipinski definition) is 2. The lowest BCUT2D eigenvalue weighted by Crippen LogP contribution is -2.26. The van der Waals surface area contributed by atoms with Gasteiger partial charge in [0.1, 0.15) is 6.61 Å². The minimum atomic E-state index is -0.295. The lowest BCUT2D eigenvalue weighted by Gasteiger charge is -2.23. The van der Waals surface area contributed by atoms with E-state index in [2.05, 4.69) is 19.2 Å². The van der Waals surface area contributed by atoms with Crippen LogP contribution in [0.5, 0.6) is 0 Å². The molecular formula is C16H19NO2. The molecule has 0 unspecified atom stereocenters. The van der Waals surface area contributed by atoms with Crippen molar-refractivity contribution >= 4 is 6.09 Å². The van der Waals surface area contributed by atoms with Crippen LogP contribution in [-0.4, -0.2) is 17.6 Å². The van der Waals surface area contributed by atoms with Gasteiger partial charge in [0.05, 0.1) is 11.7 Å². The van der Waals surface area contributed by atoms with Crippen LogP contribution < -0.4 is 0 Å². The zero-order valence-corrected chi connectivity index (χ0v) is 11.3. The standard InChI is InChI=1S/C16H19NO2/c1-3-5-11-14(4-2)17-15(12-19-16(17)18)13-9-7-6-8-10-13/h6-10,15H,2-3,5,11-12H2,1H3/t15-/m1/s1. The number of cyclic esters (lactones) is 1. The molecule has 1 aromatic carbocycles. The quantitative estimate of drug-likeness (QED) is 0.745. The van der Waals surface area contributed by atoms with Crippen LogP contribution in [-0.2, 0) is 4.74 Å². The van der Waals surface area contributed by atoms with Gasteiger partial charge in [-0.05, 0) is 18.4 Å². The van der Waals surface area contributed by atoms with Crippen molar-refractivity contribution in [2.75, 3.05) is 6.61 Å². The molecule has 0 bridgehead atoms. The molecule has 1 heterocycles. The molecule has 0 spiro atoms. The van der Waals surface area contributed by atoms with Gasteiger partial charge in [-0.1, -0.05) is 50.3 Å². The molecule has 1 aliphatic heterocycles. The zero-order valence-electron chi connectivity index (χ0n) is 11.3. The summed E-state index contributed by atoms with van der Waals surface area (Å²) in [4.78, 5) is 13.6. The van der Waals surface area contributed by atoms with Crippen molar-refractivity contribution in [3.8, 4) is 0 Å². The van der Waals surface area contributed by atoms with Gasteiger partial charge < -0.3 is 4.74 Å². The van der Waals surface area contributed by atoms with E-state index in [4.69, 9.17) is 4.74 Å². The first kappa shape index (κ1) is 13.4. The third-order valence-electron chi connectivity index (χ3n) is 3.32. The molecule has 0 saturated carbocycles. The largest absolute Gasteiger partial charge is 0.447 e. The fourth-order valence-electron chi connectivity index (χ4n) is 2.28. The van der Waals surface area contributed by atoms with Crippen molar-refractivity contribution < 1.29 is 9.53 Å². The number of ether oxygens (including phenoxy) is 1. The highest BCUT2D eigenvalue weighted by atomic mass is 16.6. The van der Waals surface area contributed by atoms with Gasteiger partial charge in [-0.3, -0.25) is 4.90 Å². The van der Waals surface area contributed by atoms with E-state index in [-0.39, 0.29) is 12.1 Å².